The number of rotatable bonds is 3. The van der Waals surface area contributed by atoms with Crippen molar-refractivity contribution in [1.82, 2.24) is 4.31 Å². The highest BCUT2D eigenvalue weighted by Crippen LogP contribution is 2.47. The zero-order chi connectivity index (χ0) is 13.7. The van der Waals surface area contributed by atoms with E-state index in [2.05, 4.69) is 0 Å². The van der Waals surface area contributed by atoms with Crippen molar-refractivity contribution in [3.8, 4) is 0 Å². The highest BCUT2D eigenvalue weighted by Gasteiger charge is 2.60. The van der Waals surface area contributed by atoms with Gasteiger partial charge in [0, 0.05) is 18.0 Å². The first-order chi connectivity index (χ1) is 8.20. The molecule has 2 aliphatic heterocycles. The van der Waals surface area contributed by atoms with Crippen molar-refractivity contribution in [2.75, 3.05) is 12.3 Å². The van der Waals surface area contributed by atoms with Crippen LogP contribution in [0.25, 0.3) is 0 Å². The SMILES string of the molecule is CC12CCCN1S(=O)(=O)CC2C(C(=O)O)C(=O)O. The monoisotopic (exact) mass is 277 g/mol. The van der Waals surface area contributed by atoms with Crippen molar-refractivity contribution < 1.29 is 28.2 Å². The number of carboxylic acid groups (broad SMARTS) is 2. The third kappa shape index (κ3) is 1.71. The predicted octanol–water partition coefficient (Wildman–Crippen LogP) is -0.414. The van der Waals surface area contributed by atoms with E-state index < -0.39 is 45.1 Å². The Labute approximate surface area is 104 Å². The molecule has 0 aromatic rings. The first kappa shape index (κ1) is 13.3. The van der Waals surface area contributed by atoms with Gasteiger partial charge in [0.1, 0.15) is 0 Å². The van der Waals surface area contributed by atoms with Crippen molar-refractivity contribution in [2.24, 2.45) is 11.8 Å². The summed E-state index contributed by atoms with van der Waals surface area (Å²) in [6.45, 7) is 2.00. The zero-order valence-corrected chi connectivity index (χ0v) is 10.7. The van der Waals surface area contributed by atoms with Crippen LogP contribution in [0.4, 0.5) is 0 Å². The zero-order valence-electron chi connectivity index (χ0n) is 9.87. The smallest absolute Gasteiger partial charge is 0.318 e. The third-order valence-electron chi connectivity index (χ3n) is 4.07. The van der Waals surface area contributed by atoms with Crippen LogP contribution in [-0.2, 0) is 19.6 Å². The van der Waals surface area contributed by atoms with E-state index in [-0.39, 0.29) is 0 Å². The molecule has 2 unspecified atom stereocenters. The lowest BCUT2D eigenvalue weighted by Gasteiger charge is -2.32. The molecule has 18 heavy (non-hydrogen) atoms. The van der Waals surface area contributed by atoms with Gasteiger partial charge in [0.15, 0.2) is 5.92 Å². The van der Waals surface area contributed by atoms with E-state index in [0.29, 0.717) is 19.4 Å². The van der Waals surface area contributed by atoms with Crippen LogP contribution >= 0.6 is 0 Å². The average molecular weight is 277 g/mol. The van der Waals surface area contributed by atoms with Gasteiger partial charge in [0.05, 0.1) is 5.75 Å². The van der Waals surface area contributed by atoms with Crippen molar-refractivity contribution in [3.05, 3.63) is 0 Å². The summed E-state index contributed by atoms with van der Waals surface area (Å²) < 4.78 is 25.2. The summed E-state index contributed by atoms with van der Waals surface area (Å²) in [4.78, 5) is 22.2. The Bertz CT molecular complexity index is 486. The second-order valence-electron chi connectivity index (χ2n) is 5.07. The van der Waals surface area contributed by atoms with Crippen molar-refractivity contribution in [1.29, 1.82) is 0 Å². The number of fused-ring (bicyclic) bond motifs is 1. The Morgan fingerprint density at radius 2 is 1.89 bits per heavy atom. The fourth-order valence-electron chi connectivity index (χ4n) is 3.19. The maximum atomic E-state index is 11.9. The molecule has 0 amide bonds. The number of aliphatic carboxylic acids is 2. The largest absolute Gasteiger partial charge is 0.481 e. The van der Waals surface area contributed by atoms with Gasteiger partial charge in [0.25, 0.3) is 0 Å². The molecule has 2 saturated heterocycles. The van der Waals surface area contributed by atoms with Crippen molar-refractivity contribution in [3.63, 3.8) is 0 Å². The quantitative estimate of drug-likeness (QED) is 0.678. The molecule has 2 aliphatic rings. The predicted molar refractivity (Wildman–Crippen MR) is 60.4 cm³/mol. The van der Waals surface area contributed by atoms with Gasteiger partial charge in [-0.25, -0.2) is 8.42 Å². The van der Waals surface area contributed by atoms with E-state index in [9.17, 15) is 18.0 Å². The molecular weight excluding hydrogens is 262 g/mol. The second kappa shape index (κ2) is 3.92. The van der Waals surface area contributed by atoms with Gasteiger partial charge in [-0.2, -0.15) is 4.31 Å². The van der Waals surface area contributed by atoms with E-state index in [1.54, 1.807) is 6.92 Å². The third-order valence-corrected chi connectivity index (χ3v) is 6.12. The molecule has 102 valence electrons. The Morgan fingerprint density at radius 1 is 1.33 bits per heavy atom. The standard InChI is InChI=1S/C10H15NO6S/c1-10-3-2-4-11(10)18(16,17)5-6(10)7(8(12)13)9(14)15/h6-7H,2-5H2,1H3,(H,12,13)(H,14,15). The molecule has 8 heteroatoms. The summed E-state index contributed by atoms with van der Waals surface area (Å²) in [6, 6.07) is 0. The van der Waals surface area contributed by atoms with Crippen LogP contribution in [0.1, 0.15) is 19.8 Å². The molecule has 2 heterocycles. The molecule has 0 aromatic carbocycles. The van der Waals surface area contributed by atoms with Crippen LogP contribution in [0, 0.1) is 11.8 Å². The van der Waals surface area contributed by atoms with Crippen LogP contribution in [-0.4, -0.2) is 52.7 Å². The second-order valence-corrected chi connectivity index (χ2v) is 7.01. The number of hydrogen-bond acceptors (Lipinski definition) is 4. The summed E-state index contributed by atoms with van der Waals surface area (Å²) in [5.41, 5.74) is -0.875. The fraction of sp³-hybridized carbons (Fsp3) is 0.800. The van der Waals surface area contributed by atoms with E-state index in [1.165, 1.54) is 4.31 Å². The van der Waals surface area contributed by atoms with Crippen LogP contribution in [0.2, 0.25) is 0 Å². The maximum absolute atomic E-state index is 11.9. The molecule has 2 rings (SSSR count). The molecule has 0 spiro atoms. The maximum Gasteiger partial charge on any atom is 0.318 e. The van der Waals surface area contributed by atoms with Gasteiger partial charge in [-0.3, -0.25) is 9.59 Å². The summed E-state index contributed by atoms with van der Waals surface area (Å²) in [6.07, 6.45) is 1.14. The van der Waals surface area contributed by atoms with Crippen molar-refractivity contribution >= 4 is 22.0 Å². The van der Waals surface area contributed by atoms with E-state index >= 15 is 0 Å². The van der Waals surface area contributed by atoms with Crippen LogP contribution in [0.3, 0.4) is 0 Å². The Morgan fingerprint density at radius 3 is 2.39 bits per heavy atom. The molecule has 0 bridgehead atoms. The lowest BCUT2D eigenvalue weighted by molar-refractivity contribution is -0.158. The van der Waals surface area contributed by atoms with E-state index in [0.717, 1.165) is 0 Å². The highest BCUT2D eigenvalue weighted by atomic mass is 32.2. The number of sulfonamides is 1. The Balaban J connectivity index is 2.46. The molecular formula is C10H15NO6S. The fourth-order valence-corrected chi connectivity index (χ4v) is 5.64. The molecule has 0 aliphatic carbocycles. The molecule has 0 aromatic heterocycles. The lowest BCUT2D eigenvalue weighted by atomic mass is 9.77. The van der Waals surface area contributed by atoms with Gasteiger partial charge in [-0.15, -0.1) is 0 Å². The number of carboxylic acids is 2. The Kier molecular flexibility index (Phi) is 2.90. The van der Waals surface area contributed by atoms with E-state index in [4.69, 9.17) is 10.2 Å². The van der Waals surface area contributed by atoms with E-state index in [1.807, 2.05) is 0 Å². The first-order valence-corrected chi connectivity index (χ1v) is 7.27. The average Bonchev–Trinajstić information content (AvgIpc) is 2.66. The van der Waals surface area contributed by atoms with Crippen LogP contribution in [0.15, 0.2) is 0 Å². The lowest BCUT2D eigenvalue weighted by Crippen LogP contribution is -2.47. The van der Waals surface area contributed by atoms with Gasteiger partial charge >= 0.3 is 11.9 Å². The summed E-state index contributed by atoms with van der Waals surface area (Å²) in [5.74, 6) is -5.92. The van der Waals surface area contributed by atoms with Gasteiger partial charge in [0.2, 0.25) is 10.0 Å². The molecule has 0 radical (unpaired) electrons. The number of nitrogens with zero attached hydrogens (tertiary/aromatic N) is 1. The molecule has 2 atom stereocenters. The van der Waals surface area contributed by atoms with Gasteiger partial charge in [-0.1, -0.05) is 0 Å². The minimum absolute atomic E-state index is 0.349. The molecule has 0 saturated carbocycles. The Hall–Kier alpha value is -1.15. The van der Waals surface area contributed by atoms with Crippen LogP contribution < -0.4 is 0 Å². The molecule has 2 fully saturated rings. The normalized spacial score (nSPS) is 34.7. The molecule has 2 N–H and O–H groups in total. The summed E-state index contributed by atoms with van der Waals surface area (Å²) in [5, 5.41) is 18.0. The highest BCUT2D eigenvalue weighted by molar-refractivity contribution is 7.89. The number of hydrogen-bond donors (Lipinski definition) is 2. The minimum atomic E-state index is -3.54. The number of carbonyl (C=O) groups is 2. The summed E-state index contributed by atoms with van der Waals surface area (Å²) in [7, 11) is -3.54. The van der Waals surface area contributed by atoms with Gasteiger partial charge in [-0.05, 0) is 19.8 Å². The summed E-state index contributed by atoms with van der Waals surface area (Å²) >= 11 is 0. The molecule has 7 nitrogen and oxygen atoms in total. The van der Waals surface area contributed by atoms with Gasteiger partial charge < -0.3 is 10.2 Å². The van der Waals surface area contributed by atoms with Crippen molar-refractivity contribution in [2.45, 2.75) is 25.3 Å². The van der Waals surface area contributed by atoms with Crippen LogP contribution in [0.5, 0.6) is 0 Å². The first-order valence-electron chi connectivity index (χ1n) is 5.66. The minimum Gasteiger partial charge on any atom is -0.481 e. The topological polar surface area (TPSA) is 112 Å².